The molecule has 0 unspecified atom stereocenters. The zero-order valence-electron chi connectivity index (χ0n) is 19.5. The van der Waals surface area contributed by atoms with Gasteiger partial charge in [-0.15, -0.1) is 0 Å². The van der Waals surface area contributed by atoms with Crippen LogP contribution in [0.4, 0.5) is 11.4 Å². The van der Waals surface area contributed by atoms with Gasteiger partial charge in [0, 0.05) is 19.5 Å². The smallest absolute Gasteiger partial charge is 0.338 e. The number of halogens is 2. The molecule has 0 fully saturated rings. The lowest BCUT2D eigenvalue weighted by molar-refractivity contribution is -0.133. The van der Waals surface area contributed by atoms with Crippen molar-refractivity contribution in [3.8, 4) is 5.75 Å². The minimum Gasteiger partial charge on any atom is -0.457 e. The van der Waals surface area contributed by atoms with Crippen molar-refractivity contribution in [1.29, 1.82) is 0 Å². The van der Waals surface area contributed by atoms with E-state index in [1.54, 1.807) is 32.0 Å². The predicted octanol–water partition coefficient (Wildman–Crippen LogP) is 6.67. The molecule has 0 aliphatic carbocycles. The minimum absolute atomic E-state index is 0.00255. The van der Waals surface area contributed by atoms with E-state index >= 15 is 0 Å². The fourth-order valence-electron chi connectivity index (χ4n) is 3.39. The summed E-state index contributed by atoms with van der Waals surface area (Å²) in [5.41, 5.74) is 2.24. The summed E-state index contributed by atoms with van der Waals surface area (Å²) < 4.78 is 21.5. The maximum absolute atomic E-state index is 12.6. The van der Waals surface area contributed by atoms with Crippen molar-refractivity contribution in [2.75, 3.05) is 11.9 Å². The van der Waals surface area contributed by atoms with Crippen molar-refractivity contribution in [2.24, 2.45) is 0 Å². The quantitative estimate of drug-likeness (QED) is 0.258. The van der Waals surface area contributed by atoms with Crippen LogP contribution in [0.15, 0.2) is 78.8 Å². The first-order valence-corrected chi connectivity index (χ1v) is 11.8. The Labute approximate surface area is 218 Å². The fourth-order valence-corrected chi connectivity index (χ4v) is 3.88. The lowest BCUT2D eigenvalue weighted by Crippen LogP contribution is -2.21. The second-order valence-electron chi connectivity index (χ2n) is 8.33. The van der Waals surface area contributed by atoms with E-state index in [1.165, 1.54) is 30.5 Å². The predicted molar refractivity (Wildman–Crippen MR) is 137 cm³/mol. The average Bonchev–Trinajstić information content (AvgIpc) is 3.20. The molecule has 0 bridgehead atoms. The van der Waals surface area contributed by atoms with Gasteiger partial charge in [-0.2, -0.15) is 0 Å². The van der Waals surface area contributed by atoms with Crippen LogP contribution in [-0.2, 0) is 25.4 Å². The van der Waals surface area contributed by atoms with Crippen LogP contribution in [0.25, 0.3) is 0 Å². The Kier molecular flexibility index (Phi) is 7.72. The number of ether oxygens (including phenoxy) is 4. The van der Waals surface area contributed by atoms with Crippen LogP contribution in [0.1, 0.15) is 29.8 Å². The van der Waals surface area contributed by atoms with Gasteiger partial charge in [0.25, 0.3) is 0 Å². The van der Waals surface area contributed by atoms with Crippen molar-refractivity contribution < 1.29 is 28.5 Å². The molecule has 186 valence electrons. The number of nitrogens with one attached hydrogen (secondary N) is 1. The molecule has 3 aromatic carbocycles. The third-order valence-corrected chi connectivity index (χ3v) is 5.72. The van der Waals surface area contributed by atoms with E-state index in [-0.39, 0.29) is 13.0 Å². The van der Waals surface area contributed by atoms with Crippen LogP contribution in [-0.4, -0.2) is 24.3 Å². The Bertz CT molecular complexity index is 1280. The van der Waals surface area contributed by atoms with Crippen LogP contribution in [0.3, 0.4) is 0 Å². The lowest BCUT2D eigenvalue weighted by Gasteiger charge is -2.18. The largest absolute Gasteiger partial charge is 0.457 e. The summed E-state index contributed by atoms with van der Waals surface area (Å²) in [5.74, 6) is -1.07. The molecule has 1 heterocycles. The van der Waals surface area contributed by atoms with Crippen LogP contribution in [0.2, 0.25) is 10.0 Å². The summed E-state index contributed by atoms with van der Waals surface area (Å²) in [6.45, 7) is 3.45. The van der Waals surface area contributed by atoms with E-state index in [9.17, 15) is 9.59 Å². The molecule has 0 amide bonds. The minimum atomic E-state index is -0.772. The van der Waals surface area contributed by atoms with Gasteiger partial charge in [-0.25, -0.2) is 4.79 Å². The van der Waals surface area contributed by atoms with Gasteiger partial charge in [-0.05, 0) is 48.0 Å². The fraction of sp³-hybridized carbons (Fsp3) is 0.185. The van der Waals surface area contributed by atoms with E-state index in [4.69, 9.17) is 42.1 Å². The summed E-state index contributed by atoms with van der Waals surface area (Å²) in [7, 11) is 0. The van der Waals surface area contributed by atoms with Gasteiger partial charge < -0.3 is 24.3 Å². The first kappa shape index (κ1) is 25.4. The molecule has 7 nitrogen and oxygen atoms in total. The zero-order chi connectivity index (χ0) is 25.7. The number of hydrogen-bond acceptors (Lipinski definition) is 7. The number of benzene rings is 3. The number of para-hydroxylation sites is 2. The Morgan fingerprint density at radius 1 is 0.944 bits per heavy atom. The standard InChI is InChI=1S/C27H23Cl2NO6/c1-27(2)34-16-20(36-27)15-33-26(32)17-10-12-19(13-11-17)35-24(31)14-18-6-3-4-9-23(18)30-25-21(28)7-5-8-22(25)29/h3-13,16,30H,14-15H2,1-2H3. The molecule has 0 aromatic heterocycles. The summed E-state index contributed by atoms with van der Waals surface area (Å²) >= 11 is 12.5. The molecule has 0 saturated heterocycles. The Balaban J connectivity index is 1.34. The highest BCUT2D eigenvalue weighted by Crippen LogP contribution is 2.33. The van der Waals surface area contributed by atoms with Crippen molar-refractivity contribution in [1.82, 2.24) is 0 Å². The van der Waals surface area contributed by atoms with Crippen molar-refractivity contribution in [2.45, 2.75) is 26.1 Å². The highest BCUT2D eigenvalue weighted by Gasteiger charge is 2.28. The van der Waals surface area contributed by atoms with Gasteiger partial charge in [0.2, 0.25) is 5.79 Å². The number of hydrogen-bond donors (Lipinski definition) is 1. The third-order valence-electron chi connectivity index (χ3n) is 5.09. The normalized spacial score (nSPS) is 13.7. The number of carbonyl (C=O) groups excluding carboxylic acids is 2. The molecule has 36 heavy (non-hydrogen) atoms. The van der Waals surface area contributed by atoms with Crippen molar-refractivity contribution >= 4 is 46.5 Å². The Morgan fingerprint density at radius 3 is 2.31 bits per heavy atom. The number of rotatable bonds is 8. The van der Waals surface area contributed by atoms with Crippen molar-refractivity contribution in [3.63, 3.8) is 0 Å². The van der Waals surface area contributed by atoms with Gasteiger partial charge in [0.15, 0.2) is 12.4 Å². The molecule has 1 aliphatic rings. The Morgan fingerprint density at radius 2 is 1.64 bits per heavy atom. The molecular formula is C27H23Cl2NO6. The van der Waals surface area contributed by atoms with Crippen molar-refractivity contribution in [3.05, 3.63) is 99.9 Å². The maximum Gasteiger partial charge on any atom is 0.338 e. The molecule has 0 atom stereocenters. The average molecular weight is 528 g/mol. The molecule has 0 saturated carbocycles. The first-order valence-electron chi connectivity index (χ1n) is 11.0. The number of carbonyl (C=O) groups is 2. The second-order valence-corrected chi connectivity index (χ2v) is 9.15. The van der Waals surface area contributed by atoms with Crippen LogP contribution in [0.5, 0.6) is 5.75 Å². The highest BCUT2D eigenvalue weighted by atomic mass is 35.5. The summed E-state index contributed by atoms with van der Waals surface area (Å²) in [6, 6.07) is 18.6. The van der Waals surface area contributed by atoms with E-state index < -0.39 is 17.7 Å². The lowest BCUT2D eigenvalue weighted by atomic mass is 10.1. The summed E-state index contributed by atoms with van der Waals surface area (Å²) in [4.78, 5) is 24.9. The van der Waals surface area contributed by atoms with Gasteiger partial charge in [0.05, 0.1) is 27.7 Å². The van der Waals surface area contributed by atoms with Gasteiger partial charge in [-0.3, -0.25) is 4.79 Å². The molecule has 3 aromatic rings. The SMILES string of the molecule is CC1(C)OC=C(COC(=O)c2ccc(OC(=O)Cc3ccccc3Nc3c(Cl)cccc3Cl)cc2)O1. The van der Waals surface area contributed by atoms with E-state index in [1.807, 2.05) is 24.3 Å². The first-order chi connectivity index (χ1) is 17.2. The highest BCUT2D eigenvalue weighted by molar-refractivity contribution is 6.39. The molecular weight excluding hydrogens is 505 g/mol. The zero-order valence-corrected chi connectivity index (χ0v) is 21.1. The second kappa shape index (κ2) is 10.9. The van der Waals surface area contributed by atoms with Crippen LogP contribution in [0, 0.1) is 0 Å². The third kappa shape index (κ3) is 6.50. The maximum atomic E-state index is 12.6. The molecule has 4 rings (SSSR count). The summed E-state index contributed by atoms with van der Waals surface area (Å²) in [6.07, 6.45) is 1.43. The topological polar surface area (TPSA) is 83.1 Å². The molecule has 0 radical (unpaired) electrons. The van der Waals surface area contributed by atoms with E-state index in [2.05, 4.69) is 5.32 Å². The molecule has 1 N–H and O–H groups in total. The van der Waals surface area contributed by atoms with Gasteiger partial charge in [0.1, 0.15) is 12.0 Å². The molecule has 0 spiro atoms. The van der Waals surface area contributed by atoms with Crippen LogP contribution >= 0.6 is 23.2 Å². The Hall–Kier alpha value is -3.68. The molecule has 1 aliphatic heterocycles. The van der Waals surface area contributed by atoms with E-state index in [0.29, 0.717) is 44.1 Å². The molecule has 9 heteroatoms. The van der Waals surface area contributed by atoms with E-state index in [0.717, 1.165) is 0 Å². The van der Waals surface area contributed by atoms with Gasteiger partial charge in [-0.1, -0.05) is 47.5 Å². The van der Waals surface area contributed by atoms with Crippen LogP contribution < -0.4 is 10.1 Å². The number of anilines is 2. The summed E-state index contributed by atoms with van der Waals surface area (Å²) in [5, 5.41) is 4.11. The number of esters is 2. The monoisotopic (exact) mass is 527 g/mol. The van der Waals surface area contributed by atoms with Gasteiger partial charge >= 0.3 is 11.9 Å².